The van der Waals surface area contributed by atoms with E-state index in [4.69, 9.17) is 0 Å². The molecular weight excluding hydrogens is 388 g/mol. The van der Waals surface area contributed by atoms with Gasteiger partial charge in [-0.3, -0.25) is 9.11 Å². The maximum absolute atomic E-state index is 11.8. The normalized spacial score (nSPS) is 13.8. The molecule has 0 saturated heterocycles. The van der Waals surface area contributed by atoms with Crippen LogP contribution in [0.25, 0.3) is 10.8 Å². The van der Waals surface area contributed by atoms with Crippen LogP contribution in [0.4, 0.5) is 0 Å². The van der Waals surface area contributed by atoms with E-state index in [2.05, 4.69) is 13.8 Å². The molecule has 0 aromatic heterocycles. The Hall–Kier alpha value is -1.48. The van der Waals surface area contributed by atoms with Crippen LogP contribution in [0.3, 0.4) is 0 Å². The molecule has 2 N–H and O–H groups in total. The average molecular weight is 415 g/mol. The molecule has 6 nitrogen and oxygen atoms in total. The van der Waals surface area contributed by atoms with Gasteiger partial charge in [0.1, 0.15) is 9.79 Å². The molecule has 1 atom stereocenters. The molecule has 0 aliphatic rings. The highest BCUT2D eigenvalue weighted by Gasteiger charge is 2.21. The van der Waals surface area contributed by atoms with Crippen molar-refractivity contribution >= 4 is 31.0 Å². The summed E-state index contributed by atoms with van der Waals surface area (Å²) >= 11 is 0. The predicted octanol–water partition coefficient (Wildman–Crippen LogP) is 4.48. The minimum absolute atomic E-state index is 0.0620. The maximum Gasteiger partial charge on any atom is 0.295 e. The smallest absolute Gasteiger partial charge is 0.282 e. The molecule has 0 heterocycles. The fraction of sp³-hybridized carbons (Fsp3) is 0.474. The van der Waals surface area contributed by atoms with Gasteiger partial charge in [-0.2, -0.15) is 16.8 Å². The minimum atomic E-state index is -4.55. The first-order chi connectivity index (χ1) is 12.5. The van der Waals surface area contributed by atoms with Gasteiger partial charge in [-0.15, -0.1) is 0 Å². The lowest BCUT2D eigenvalue weighted by atomic mass is 9.94. The zero-order valence-electron chi connectivity index (χ0n) is 15.6. The third-order valence-electron chi connectivity index (χ3n) is 4.67. The molecular formula is C19H26O6S2. The summed E-state index contributed by atoms with van der Waals surface area (Å²) in [5, 5.41) is 0.148. The standard InChI is InChI=1S/C19H26O6S2/c1-3-4-5-6-8-14(2)11-15-12-17-16(19(13-15)27(23,24)25)9-7-10-18(17)26(20,21)22/h7,9-10,12-14H,3-6,8,11H2,1-2H3,(H,20,21,22)(H,23,24,25). The van der Waals surface area contributed by atoms with Crippen LogP contribution in [0, 0.1) is 5.92 Å². The molecule has 2 aromatic rings. The quantitative estimate of drug-likeness (QED) is 0.462. The highest BCUT2D eigenvalue weighted by atomic mass is 32.2. The van der Waals surface area contributed by atoms with Gasteiger partial charge in [0.05, 0.1) is 0 Å². The van der Waals surface area contributed by atoms with Crippen LogP contribution in [0.15, 0.2) is 40.1 Å². The molecule has 0 amide bonds. The van der Waals surface area contributed by atoms with Crippen molar-refractivity contribution in [3.8, 4) is 0 Å². The van der Waals surface area contributed by atoms with Crippen LogP contribution >= 0.6 is 0 Å². The summed E-state index contributed by atoms with van der Waals surface area (Å²) in [6.45, 7) is 4.19. The topological polar surface area (TPSA) is 109 Å². The molecule has 1 unspecified atom stereocenters. The molecule has 0 bridgehead atoms. The molecule has 0 aliphatic heterocycles. The molecule has 0 saturated carbocycles. The third kappa shape index (κ3) is 5.75. The molecule has 27 heavy (non-hydrogen) atoms. The lowest BCUT2D eigenvalue weighted by Gasteiger charge is -2.14. The van der Waals surface area contributed by atoms with Crippen molar-refractivity contribution in [3.63, 3.8) is 0 Å². The highest BCUT2D eigenvalue weighted by molar-refractivity contribution is 7.86. The average Bonchev–Trinajstić information content (AvgIpc) is 2.55. The number of fused-ring (bicyclic) bond motifs is 1. The van der Waals surface area contributed by atoms with Crippen LogP contribution < -0.4 is 0 Å². The second-order valence-electron chi connectivity index (χ2n) is 7.05. The molecule has 150 valence electrons. The third-order valence-corrected chi connectivity index (χ3v) is 6.47. The second-order valence-corrected chi connectivity index (χ2v) is 9.83. The van der Waals surface area contributed by atoms with E-state index < -0.39 is 20.2 Å². The highest BCUT2D eigenvalue weighted by Crippen LogP contribution is 2.31. The SMILES string of the molecule is CCCCCCC(C)Cc1cc(S(=O)(=O)O)c2cccc(S(=O)(=O)O)c2c1. The molecule has 8 heteroatoms. The largest absolute Gasteiger partial charge is 0.295 e. The molecule has 0 spiro atoms. The number of rotatable bonds is 9. The van der Waals surface area contributed by atoms with Gasteiger partial charge in [0.2, 0.25) is 0 Å². The fourth-order valence-electron chi connectivity index (χ4n) is 3.36. The molecule has 0 aliphatic carbocycles. The lowest BCUT2D eigenvalue weighted by molar-refractivity contribution is 0.479. The van der Waals surface area contributed by atoms with Crippen molar-refractivity contribution in [2.45, 2.75) is 62.2 Å². The van der Waals surface area contributed by atoms with E-state index in [1.807, 2.05) is 0 Å². The van der Waals surface area contributed by atoms with Gasteiger partial charge in [0, 0.05) is 10.8 Å². The summed E-state index contributed by atoms with van der Waals surface area (Å²) < 4.78 is 66.1. The Balaban J connectivity index is 2.49. The fourth-order valence-corrected chi connectivity index (χ4v) is 4.81. The summed E-state index contributed by atoms with van der Waals surface area (Å²) in [6.07, 6.45) is 6.05. The Morgan fingerprint density at radius 1 is 0.889 bits per heavy atom. The van der Waals surface area contributed by atoms with E-state index in [1.54, 1.807) is 6.07 Å². The van der Waals surface area contributed by atoms with Crippen molar-refractivity contribution < 1.29 is 25.9 Å². The number of unbranched alkanes of at least 4 members (excludes halogenated alkanes) is 3. The Labute approximate surface area is 161 Å². The van der Waals surface area contributed by atoms with Crippen molar-refractivity contribution in [2.24, 2.45) is 5.92 Å². The van der Waals surface area contributed by atoms with Crippen LogP contribution in [0.5, 0.6) is 0 Å². The van der Waals surface area contributed by atoms with E-state index in [0.717, 1.165) is 25.7 Å². The van der Waals surface area contributed by atoms with Crippen molar-refractivity contribution in [2.75, 3.05) is 0 Å². The van der Waals surface area contributed by atoms with Gasteiger partial charge in [0.25, 0.3) is 20.2 Å². The minimum Gasteiger partial charge on any atom is -0.282 e. The summed E-state index contributed by atoms with van der Waals surface area (Å²) in [5.74, 6) is 0.270. The van der Waals surface area contributed by atoms with Gasteiger partial charge in [-0.25, -0.2) is 0 Å². The molecule has 2 aromatic carbocycles. The Bertz CT molecular complexity index is 1010. The molecule has 0 radical (unpaired) electrons. The van der Waals surface area contributed by atoms with E-state index >= 15 is 0 Å². The zero-order valence-corrected chi connectivity index (χ0v) is 17.2. The van der Waals surface area contributed by atoms with Crippen molar-refractivity contribution in [3.05, 3.63) is 35.9 Å². The Kier molecular flexibility index (Phi) is 7.02. The first-order valence-corrected chi connectivity index (χ1v) is 11.9. The first-order valence-electron chi connectivity index (χ1n) is 9.04. The molecule has 2 rings (SSSR count). The maximum atomic E-state index is 11.8. The van der Waals surface area contributed by atoms with E-state index in [1.165, 1.54) is 30.7 Å². The van der Waals surface area contributed by atoms with Crippen LogP contribution in [-0.4, -0.2) is 25.9 Å². The van der Waals surface area contributed by atoms with Crippen molar-refractivity contribution in [1.82, 2.24) is 0 Å². The van der Waals surface area contributed by atoms with Gasteiger partial charge in [-0.1, -0.05) is 58.1 Å². The van der Waals surface area contributed by atoms with E-state index in [0.29, 0.717) is 12.0 Å². The summed E-state index contributed by atoms with van der Waals surface area (Å²) in [6, 6.07) is 6.91. The zero-order chi connectivity index (χ0) is 20.2. The molecule has 0 fully saturated rings. The van der Waals surface area contributed by atoms with Gasteiger partial charge < -0.3 is 0 Å². The van der Waals surface area contributed by atoms with E-state index in [9.17, 15) is 25.9 Å². The van der Waals surface area contributed by atoms with Gasteiger partial charge in [-0.05, 0) is 36.1 Å². The van der Waals surface area contributed by atoms with Crippen LogP contribution in [-0.2, 0) is 26.7 Å². The number of hydrogen-bond donors (Lipinski definition) is 2. The number of hydrogen-bond acceptors (Lipinski definition) is 4. The summed E-state index contributed by atoms with van der Waals surface area (Å²) in [7, 11) is -9.08. The van der Waals surface area contributed by atoms with Crippen LogP contribution in [0.1, 0.15) is 51.5 Å². The summed E-state index contributed by atoms with van der Waals surface area (Å²) in [5.41, 5.74) is 0.606. The van der Waals surface area contributed by atoms with Gasteiger partial charge >= 0.3 is 0 Å². The van der Waals surface area contributed by atoms with Crippen LogP contribution in [0.2, 0.25) is 0 Å². The monoisotopic (exact) mass is 414 g/mol. The Morgan fingerprint density at radius 3 is 2.15 bits per heavy atom. The first kappa shape index (κ1) is 21.8. The summed E-state index contributed by atoms with van der Waals surface area (Å²) in [4.78, 5) is -0.721. The number of benzene rings is 2. The Morgan fingerprint density at radius 2 is 1.56 bits per heavy atom. The predicted molar refractivity (Wildman–Crippen MR) is 105 cm³/mol. The van der Waals surface area contributed by atoms with E-state index in [-0.39, 0.29) is 26.5 Å². The van der Waals surface area contributed by atoms with Gasteiger partial charge in [0.15, 0.2) is 0 Å². The second kappa shape index (κ2) is 8.68. The van der Waals surface area contributed by atoms with Crippen molar-refractivity contribution in [1.29, 1.82) is 0 Å². The lowest BCUT2D eigenvalue weighted by Crippen LogP contribution is -2.06.